The summed E-state index contributed by atoms with van der Waals surface area (Å²) in [4.78, 5) is 4.24. The van der Waals surface area contributed by atoms with Crippen molar-refractivity contribution in [1.82, 2.24) is 10.6 Å². The lowest BCUT2D eigenvalue weighted by atomic mass is 9.98. The standard InChI is InChI=1S/C19H27F2N3O2.HI/c1-22-19(24-11-16(12-3-4-12)13-5-6-13)23-10-14-9-15(25-2)7-8-17(14)26-18(20)21;/h7-9,12-13,16,18H,3-6,10-11H2,1-2H3,(H2,22,23,24);1H. The smallest absolute Gasteiger partial charge is 0.387 e. The highest BCUT2D eigenvalue weighted by Crippen LogP contribution is 2.48. The third-order valence-corrected chi connectivity index (χ3v) is 5.11. The van der Waals surface area contributed by atoms with E-state index in [0.29, 0.717) is 23.8 Å². The minimum Gasteiger partial charge on any atom is -0.497 e. The fraction of sp³-hybridized carbons (Fsp3) is 0.632. The molecule has 3 rings (SSSR count). The molecule has 0 bridgehead atoms. The second-order valence-corrected chi connectivity index (χ2v) is 7.00. The zero-order valence-electron chi connectivity index (χ0n) is 15.7. The molecule has 0 unspecified atom stereocenters. The van der Waals surface area contributed by atoms with E-state index in [1.165, 1.54) is 38.9 Å². The van der Waals surface area contributed by atoms with Crippen molar-refractivity contribution >= 4 is 29.9 Å². The van der Waals surface area contributed by atoms with Gasteiger partial charge < -0.3 is 20.1 Å². The van der Waals surface area contributed by atoms with Crippen molar-refractivity contribution in [2.45, 2.75) is 38.8 Å². The van der Waals surface area contributed by atoms with Crippen LogP contribution >= 0.6 is 24.0 Å². The normalized spacial score (nSPS) is 16.9. The number of alkyl halides is 2. The number of benzene rings is 1. The fourth-order valence-corrected chi connectivity index (χ4v) is 3.41. The van der Waals surface area contributed by atoms with Gasteiger partial charge in [-0.25, -0.2) is 0 Å². The fourth-order valence-electron chi connectivity index (χ4n) is 3.41. The second kappa shape index (κ2) is 10.3. The number of methoxy groups -OCH3 is 1. The minimum absolute atomic E-state index is 0. The van der Waals surface area contributed by atoms with Crippen LogP contribution in [0.3, 0.4) is 0 Å². The predicted octanol–water partition coefficient (Wildman–Crippen LogP) is 4.02. The third kappa shape index (κ3) is 6.65. The Morgan fingerprint density at radius 3 is 2.37 bits per heavy atom. The van der Waals surface area contributed by atoms with Crippen molar-refractivity contribution in [1.29, 1.82) is 0 Å². The van der Waals surface area contributed by atoms with Crippen LogP contribution < -0.4 is 20.1 Å². The van der Waals surface area contributed by atoms with Gasteiger partial charge in [-0.3, -0.25) is 4.99 Å². The van der Waals surface area contributed by atoms with Crippen LogP contribution in [0.15, 0.2) is 23.2 Å². The number of guanidine groups is 1. The molecule has 5 nitrogen and oxygen atoms in total. The van der Waals surface area contributed by atoms with Crippen molar-refractivity contribution in [2.75, 3.05) is 20.7 Å². The summed E-state index contributed by atoms with van der Waals surface area (Å²) in [6, 6.07) is 4.79. The molecule has 27 heavy (non-hydrogen) atoms. The van der Waals surface area contributed by atoms with Crippen molar-refractivity contribution in [3.63, 3.8) is 0 Å². The lowest BCUT2D eigenvalue weighted by molar-refractivity contribution is -0.0504. The molecule has 0 radical (unpaired) electrons. The molecule has 0 heterocycles. The summed E-state index contributed by atoms with van der Waals surface area (Å²) in [5, 5.41) is 6.57. The molecule has 2 saturated carbocycles. The maximum atomic E-state index is 12.6. The Labute approximate surface area is 176 Å². The van der Waals surface area contributed by atoms with Crippen LogP contribution in [0, 0.1) is 17.8 Å². The van der Waals surface area contributed by atoms with Gasteiger partial charge in [0, 0.05) is 25.7 Å². The molecule has 0 saturated heterocycles. The van der Waals surface area contributed by atoms with Crippen LogP contribution in [0.1, 0.15) is 31.2 Å². The van der Waals surface area contributed by atoms with Gasteiger partial charge in [0.25, 0.3) is 0 Å². The Kier molecular flexibility index (Phi) is 8.37. The van der Waals surface area contributed by atoms with Gasteiger partial charge in [0.15, 0.2) is 5.96 Å². The SMILES string of the molecule is CN=C(NCc1cc(OC)ccc1OC(F)F)NCC(C1CC1)C1CC1.I. The minimum atomic E-state index is -2.86. The third-order valence-electron chi connectivity index (χ3n) is 5.11. The lowest BCUT2D eigenvalue weighted by Gasteiger charge is -2.19. The van der Waals surface area contributed by atoms with E-state index in [2.05, 4.69) is 20.4 Å². The van der Waals surface area contributed by atoms with Crippen LogP contribution in [0.2, 0.25) is 0 Å². The molecule has 0 spiro atoms. The van der Waals surface area contributed by atoms with Crippen LogP contribution in [-0.2, 0) is 6.54 Å². The number of nitrogens with zero attached hydrogens (tertiary/aromatic N) is 1. The molecule has 2 fully saturated rings. The number of aliphatic imine (C=N–C) groups is 1. The van der Waals surface area contributed by atoms with E-state index in [-0.39, 0.29) is 29.7 Å². The topological polar surface area (TPSA) is 54.9 Å². The molecule has 2 aliphatic carbocycles. The van der Waals surface area contributed by atoms with Gasteiger partial charge in [-0.15, -0.1) is 24.0 Å². The van der Waals surface area contributed by atoms with Gasteiger partial charge in [0.05, 0.1) is 7.11 Å². The molecule has 0 aromatic heterocycles. The Morgan fingerprint density at radius 2 is 1.85 bits per heavy atom. The van der Waals surface area contributed by atoms with Gasteiger partial charge in [0.1, 0.15) is 11.5 Å². The molecule has 1 aromatic rings. The summed E-state index contributed by atoms with van der Waals surface area (Å²) in [6.07, 6.45) is 5.36. The van der Waals surface area contributed by atoms with Crippen LogP contribution in [0.4, 0.5) is 8.78 Å². The molecule has 0 atom stereocenters. The van der Waals surface area contributed by atoms with Gasteiger partial charge in [-0.2, -0.15) is 8.78 Å². The maximum Gasteiger partial charge on any atom is 0.387 e. The number of halogens is 3. The molecule has 152 valence electrons. The average molecular weight is 495 g/mol. The summed E-state index contributed by atoms with van der Waals surface area (Å²) in [5.41, 5.74) is 0.591. The van der Waals surface area contributed by atoms with E-state index in [1.54, 1.807) is 19.2 Å². The Morgan fingerprint density at radius 1 is 1.19 bits per heavy atom. The highest BCUT2D eigenvalue weighted by Gasteiger charge is 2.41. The molecule has 0 amide bonds. The van der Waals surface area contributed by atoms with Gasteiger partial charge >= 0.3 is 6.61 Å². The zero-order valence-corrected chi connectivity index (χ0v) is 18.0. The number of hydrogen-bond acceptors (Lipinski definition) is 3. The first kappa shape index (κ1) is 22.0. The Hall–Kier alpha value is -1.32. The average Bonchev–Trinajstić information content (AvgIpc) is 3.52. The molecular formula is C19H28F2IN3O2. The van der Waals surface area contributed by atoms with E-state index in [1.807, 2.05) is 0 Å². The van der Waals surface area contributed by atoms with Crippen molar-refractivity contribution in [3.8, 4) is 11.5 Å². The van der Waals surface area contributed by atoms with Crippen LogP contribution in [-0.4, -0.2) is 33.3 Å². The monoisotopic (exact) mass is 495 g/mol. The first-order valence-electron chi connectivity index (χ1n) is 9.17. The van der Waals surface area contributed by atoms with E-state index in [0.717, 1.165) is 24.3 Å². The predicted molar refractivity (Wildman–Crippen MR) is 112 cm³/mol. The van der Waals surface area contributed by atoms with Crippen molar-refractivity contribution in [2.24, 2.45) is 22.7 Å². The first-order valence-corrected chi connectivity index (χ1v) is 9.17. The maximum absolute atomic E-state index is 12.6. The highest BCUT2D eigenvalue weighted by molar-refractivity contribution is 14.0. The Bertz CT molecular complexity index is 625. The zero-order chi connectivity index (χ0) is 18.5. The van der Waals surface area contributed by atoms with E-state index >= 15 is 0 Å². The first-order chi connectivity index (χ1) is 12.6. The van der Waals surface area contributed by atoms with Crippen LogP contribution in [0.25, 0.3) is 0 Å². The largest absolute Gasteiger partial charge is 0.497 e. The molecule has 2 aliphatic rings. The van der Waals surface area contributed by atoms with Gasteiger partial charge in [0.2, 0.25) is 0 Å². The number of hydrogen-bond donors (Lipinski definition) is 2. The summed E-state index contributed by atoms with van der Waals surface area (Å²) in [5.74, 6) is 3.84. The van der Waals surface area contributed by atoms with E-state index in [9.17, 15) is 8.78 Å². The number of ether oxygens (including phenoxy) is 2. The Balaban J connectivity index is 0.00000261. The summed E-state index contributed by atoms with van der Waals surface area (Å²) >= 11 is 0. The second-order valence-electron chi connectivity index (χ2n) is 7.00. The quantitative estimate of drug-likeness (QED) is 0.309. The lowest BCUT2D eigenvalue weighted by Crippen LogP contribution is -2.40. The van der Waals surface area contributed by atoms with Crippen molar-refractivity contribution < 1.29 is 18.3 Å². The van der Waals surface area contributed by atoms with Crippen LogP contribution in [0.5, 0.6) is 11.5 Å². The number of rotatable bonds is 9. The summed E-state index contributed by atoms with van der Waals surface area (Å²) in [7, 11) is 3.25. The molecular weight excluding hydrogens is 467 g/mol. The van der Waals surface area contributed by atoms with Gasteiger partial charge in [-0.1, -0.05) is 0 Å². The van der Waals surface area contributed by atoms with Gasteiger partial charge in [-0.05, 0) is 61.6 Å². The molecule has 8 heteroatoms. The highest BCUT2D eigenvalue weighted by atomic mass is 127. The molecule has 0 aliphatic heterocycles. The summed E-state index contributed by atoms with van der Waals surface area (Å²) < 4.78 is 35.0. The summed E-state index contributed by atoms with van der Waals surface area (Å²) in [6.45, 7) is -1.64. The number of nitrogens with one attached hydrogen (secondary N) is 2. The van der Waals surface area contributed by atoms with Crippen molar-refractivity contribution in [3.05, 3.63) is 23.8 Å². The molecule has 1 aromatic carbocycles. The van der Waals surface area contributed by atoms with E-state index in [4.69, 9.17) is 4.74 Å². The van der Waals surface area contributed by atoms with E-state index < -0.39 is 6.61 Å². The molecule has 2 N–H and O–H groups in total.